The summed E-state index contributed by atoms with van der Waals surface area (Å²) in [6.07, 6.45) is -4.63. The number of alkyl halides is 3. The minimum atomic E-state index is -4.63. The van der Waals surface area contributed by atoms with E-state index in [-0.39, 0.29) is 0 Å². The largest absolute Gasteiger partial charge is 0.417 e. The molecule has 144 valence electrons. The normalized spacial score (nSPS) is 13.4. The number of hydrogen-bond acceptors (Lipinski definition) is 3. The van der Waals surface area contributed by atoms with E-state index < -0.39 is 23.2 Å². The molecule has 0 fully saturated rings. The van der Waals surface area contributed by atoms with Crippen LogP contribution in [0.5, 0.6) is 0 Å². The van der Waals surface area contributed by atoms with Crippen molar-refractivity contribution in [2.24, 2.45) is 0 Å². The maximum absolute atomic E-state index is 13.3. The number of hydrogen-bond donors (Lipinski definition) is 1. The van der Waals surface area contributed by atoms with E-state index in [1.165, 1.54) is 16.8 Å². The second-order valence-electron chi connectivity index (χ2n) is 6.16. The van der Waals surface area contributed by atoms with E-state index in [9.17, 15) is 18.0 Å². The van der Waals surface area contributed by atoms with Gasteiger partial charge in [-0.1, -0.05) is 29.8 Å². The van der Waals surface area contributed by atoms with E-state index >= 15 is 0 Å². The highest BCUT2D eigenvalue weighted by Gasteiger charge is 2.35. The van der Waals surface area contributed by atoms with Crippen LogP contribution in [0.4, 0.5) is 19.0 Å². The molecule has 0 saturated carbocycles. The van der Waals surface area contributed by atoms with Crippen LogP contribution in [0.1, 0.15) is 27.2 Å². The smallest absolute Gasteiger partial charge is 0.306 e. The zero-order chi connectivity index (χ0) is 19.9. The van der Waals surface area contributed by atoms with Crippen LogP contribution >= 0.6 is 23.4 Å². The highest BCUT2D eigenvalue weighted by molar-refractivity contribution is 7.98. The van der Waals surface area contributed by atoms with Crippen LogP contribution in [0.3, 0.4) is 0 Å². The Balaban J connectivity index is 1.76. The standard InChI is InChI=1S/C19H13ClF3N3OS/c20-11-4-3-5-12(8-11)26-17(14-9-28-10-16(14)25-26)24-18(27)13-6-1-2-7-15(13)19(21,22)23/h1-8H,9-10H2,(H,24,27). The van der Waals surface area contributed by atoms with Gasteiger partial charge < -0.3 is 5.32 Å². The number of aromatic nitrogens is 2. The molecular formula is C19H13ClF3N3OS. The van der Waals surface area contributed by atoms with Crippen LogP contribution in [0.15, 0.2) is 48.5 Å². The summed E-state index contributed by atoms with van der Waals surface area (Å²) >= 11 is 7.68. The predicted molar refractivity (Wildman–Crippen MR) is 103 cm³/mol. The van der Waals surface area contributed by atoms with Gasteiger partial charge >= 0.3 is 6.18 Å². The molecule has 3 aromatic rings. The summed E-state index contributed by atoms with van der Waals surface area (Å²) in [6.45, 7) is 0. The van der Waals surface area contributed by atoms with Crippen LogP contribution in [-0.2, 0) is 17.7 Å². The molecule has 1 N–H and O–H groups in total. The van der Waals surface area contributed by atoms with Crippen molar-refractivity contribution < 1.29 is 18.0 Å². The molecule has 9 heteroatoms. The van der Waals surface area contributed by atoms with Crippen molar-refractivity contribution in [2.45, 2.75) is 17.7 Å². The van der Waals surface area contributed by atoms with Crippen LogP contribution < -0.4 is 5.32 Å². The molecule has 4 rings (SSSR count). The number of anilines is 1. The van der Waals surface area contributed by atoms with Crippen molar-refractivity contribution in [3.8, 4) is 5.69 Å². The van der Waals surface area contributed by atoms with Gasteiger partial charge in [0.05, 0.1) is 22.5 Å². The lowest BCUT2D eigenvalue weighted by Crippen LogP contribution is -2.20. The van der Waals surface area contributed by atoms with E-state index in [2.05, 4.69) is 10.4 Å². The average Bonchev–Trinajstić information content (AvgIpc) is 3.23. The number of carbonyl (C=O) groups excluding carboxylic acids is 1. The fourth-order valence-electron chi connectivity index (χ4n) is 3.04. The summed E-state index contributed by atoms with van der Waals surface area (Å²) in [5.41, 5.74) is 0.805. The van der Waals surface area contributed by atoms with Gasteiger partial charge in [0.1, 0.15) is 5.82 Å². The third-order valence-electron chi connectivity index (χ3n) is 4.31. The highest BCUT2D eigenvalue weighted by atomic mass is 35.5. The number of thioether (sulfide) groups is 1. The van der Waals surface area contributed by atoms with Crippen molar-refractivity contribution in [3.63, 3.8) is 0 Å². The summed E-state index contributed by atoms with van der Waals surface area (Å²) in [4.78, 5) is 12.7. The molecule has 0 radical (unpaired) electrons. The van der Waals surface area contributed by atoms with Crippen molar-refractivity contribution in [3.05, 3.63) is 75.9 Å². The Labute approximate surface area is 167 Å². The lowest BCUT2D eigenvalue weighted by Gasteiger charge is -2.14. The first kappa shape index (κ1) is 18.9. The quantitative estimate of drug-likeness (QED) is 0.601. The monoisotopic (exact) mass is 423 g/mol. The molecule has 0 unspecified atom stereocenters. The van der Waals surface area contributed by atoms with Gasteiger partial charge in [-0.25, -0.2) is 4.68 Å². The predicted octanol–water partition coefficient (Wildman–Crippen LogP) is 5.54. The zero-order valence-corrected chi connectivity index (χ0v) is 15.8. The Morgan fingerprint density at radius 1 is 1.14 bits per heavy atom. The van der Waals surface area contributed by atoms with Crippen LogP contribution in [0.2, 0.25) is 5.02 Å². The molecule has 2 aromatic carbocycles. The van der Waals surface area contributed by atoms with Crippen molar-refractivity contribution in [2.75, 3.05) is 5.32 Å². The molecule has 4 nitrogen and oxygen atoms in total. The third-order valence-corrected chi connectivity index (χ3v) is 5.52. The Kier molecular flexibility index (Phi) is 4.84. The van der Waals surface area contributed by atoms with Crippen LogP contribution in [-0.4, -0.2) is 15.7 Å². The lowest BCUT2D eigenvalue weighted by molar-refractivity contribution is -0.137. The number of nitrogens with zero attached hydrogens (tertiary/aromatic N) is 2. The maximum atomic E-state index is 13.3. The summed E-state index contributed by atoms with van der Waals surface area (Å²) in [5, 5.41) is 7.65. The SMILES string of the molecule is O=C(Nc1c2c(nn1-c1cccc(Cl)c1)CSC2)c1ccccc1C(F)(F)F. The number of amides is 1. The van der Waals surface area contributed by atoms with Crippen LogP contribution in [0, 0.1) is 0 Å². The maximum Gasteiger partial charge on any atom is 0.417 e. The van der Waals surface area contributed by atoms with Gasteiger partial charge in [0.25, 0.3) is 5.91 Å². The van der Waals surface area contributed by atoms with Gasteiger partial charge in [-0.2, -0.15) is 30.0 Å². The molecule has 0 saturated heterocycles. The minimum absolute atomic E-state index is 0.365. The first-order chi connectivity index (χ1) is 13.3. The summed E-state index contributed by atoms with van der Waals surface area (Å²) in [7, 11) is 0. The van der Waals surface area contributed by atoms with Crippen molar-refractivity contribution in [1.82, 2.24) is 9.78 Å². The Bertz CT molecular complexity index is 1060. The first-order valence-electron chi connectivity index (χ1n) is 8.26. The van der Waals surface area contributed by atoms with Crippen LogP contribution in [0.25, 0.3) is 5.69 Å². The average molecular weight is 424 g/mol. The van der Waals surface area contributed by atoms with Crippen molar-refractivity contribution in [1.29, 1.82) is 0 Å². The molecule has 28 heavy (non-hydrogen) atoms. The lowest BCUT2D eigenvalue weighted by atomic mass is 10.1. The number of nitrogens with one attached hydrogen (secondary N) is 1. The fourth-order valence-corrected chi connectivity index (χ4v) is 4.26. The number of benzene rings is 2. The van der Waals surface area contributed by atoms with E-state index in [0.29, 0.717) is 28.0 Å². The Morgan fingerprint density at radius 3 is 2.68 bits per heavy atom. The Morgan fingerprint density at radius 2 is 1.93 bits per heavy atom. The van der Waals surface area contributed by atoms with Gasteiger partial charge in [-0.3, -0.25) is 4.79 Å². The fraction of sp³-hybridized carbons (Fsp3) is 0.158. The molecule has 1 aliphatic rings. The molecule has 2 heterocycles. The molecule has 0 atom stereocenters. The van der Waals surface area contributed by atoms with Gasteiger partial charge in [-0.15, -0.1) is 0 Å². The van der Waals surface area contributed by atoms with Gasteiger partial charge in [0.15, 0.2) is 0 Å². The molecule has 1 aliphatic heterocycles. The molecule has 0 spiro atoms. The second kappa shape index (κ2) is 7.18. The van der Waals surface area contributed by atoms with E-state index in [0.717, 1.165) is 23.4 Å². The van der Waals surface area contributed by atoms with E-state index in [4.69, 9.17) is 11.6 Å². The van der Waals surface area contributed by atoms with Gasteiger partial charge in [-0.05, 0) is 30.3 Å². The number of carbonyl (C=O) groups is 1. The summed E-state index contributed by atoms with van der Waals surface area (Å²) in [6, 6.07) is 11.6. The zero-order valence-electron chi connectivity index (χ0n) is 14.3. The molecular weight excluding hydrogens is 411 g/mol. The molecule has 0 aliphatic carbocycles. The summed E-state index contributed by atoms with van der Waals surface area (Å²) in [5.74, 6) is 0.817. The molecule has 0 bridgehead atoms. The van der Waals surface area contributed by atoms with E-state index in [1.807, 2.05) is 0 Å². The molecule has 1 aromatic heterocycles. The highest BCUT2D eigenvalue weighted by Crippen LogP contribution is 2.37. The van der Waals surface area contributed by atoms with E-state index in [1.54, 1.807) is 36.0 Å². The van der Waals surface area contributed by atoms with Gasteiger partial charge in [0, 0.05) is 22.1 Å². The van der Waals surface area contributed by atoms with Crippen molar-refractivity contribution >= 4 is 35.1 Å². The molecule has 1 amide bonds. The third kappa shape index (κ3) is 3.49. The number of rotatable bonds is 3. The topological polar surface area (TPSA) is 46.9 Å². The van der Waals surface area contributed by atoms with Gasteiger partial charge in [0.2, 0.25) is 0 Å². The second-order valence-corrected chi connectivity index (χ2v) is 7.58. The first-order valence-corrected chi connectivity index (χ1v) is 9.80. The number of fused-ring (bicyclic) bond motifs is 1. The summed E-state index contributed by atoms with van der Waals surface area (Å²) < 4.78 is 41.4. The Hall–Kier alpha value is -2.45. The minimum Gasteiger partial charge on any atom is -0.306 e. The number of halogens is 4.